The van der Waals surface area contributed by atoms with Gasteiger partial charge in [-0.15, -0.1) is 0 Å². The van der Waals surface area contributed by atoms with Crippen molar-refractivity contribution in [2.75, 3.05) is 11.9 Å². The van der Waals surface area contributed by atoms with Gasteiger partial charge in [-0.2, -0.15) is 0 Å². The van der Waals surface area contributed by atoms with E-state index in [0.717, 1.165) is 12.8 Å². The van der Waals surface area contributed by atoms with Crippen LogP contribution in [0.4, 0.5) is 5.95 Å². The lowest BCUT2D eigenvalue weighted by molar-refractivity contribution is 0.164. The van der Waals surface area contributed by atoms with Crippen LogP contribution in [0.15, 0.2) is 18.5 Å². The van der Waals surface area contributed by atoms with E-state index in [4.69, 9.17) is 0 Å². The Balaban J connectivity index is 1.78. The summed E-state index contributed by atoms with van der Waals surface area (Å²) in [6.07, 6.45) is 5.41. The van der Waals surface area contributed by atoms with Gasteiger partial charge in [0.1, 0.15) is 0 Å². The van der Waals surface area contributed by atoms with E-state index in [-0.39, 0.29) is 6.10 Å². The minimum absolute atomic E-state index is 0.246. The van der Waals surface area contributed by atoms with E-state index in [1.54, 1.807) is 18.5 Å². The van der Waals surface area contributed by atoms with Gasteiger partial charge in [-0.25, -0.2) is 9.97 Å². The molecule has 13 heavy (non-hydrogen) atoms. The Morgan fingerprint density at radius 2 is 2.15 bits per heavy atom. The number of aromatic nitrogens is 2. The molecule has 4 nitrogen and oxygen atoms in total. The van der Waals surface area contributed by atoms with Gasteiger partial charge in [0.2, 0.25) is 5.95 Å². The zero-order valence-electron chi connectivity index (χ0n) is 7.35. The van der Waals surface area contributed by atoms with Gasteiger partial charge in [0.25, 0.3) is 0 Å². The maximum absolute atomic E-state index is 9.53. The van der Waals surface area contributed by atoms with E-state index in [1.807, 2.05) is 0 Å². The third-order valence-electron chi connectivity index (χ3n) is 2.20. The first-order valence-corrected chi connectivity index (χ1v) is 4.55. The van der Waals surface area contributed by atoms with Crippen molar-refractivity contribution in [2.24, 2.45) is 5.92 Å². The number of aliphatic hydroxyl groups excluding tert-OH is 1. The highest BCUT2D eigenvalue weighted by Crippen LogP contribution is 2.32. The maximum atomic E-state index is 9.53. The molecule has 2 rings (SSSR count). The van der Waals surface area contributed by atoms with Crippen molar-refractivity contribution in [3.05, 3.63) is 18.5 Å². The van der Waals surface area contributed by atoms with Gasteiger partial charge in [0.05, 0.1) is 6.10 Å². The molecule has 0 saturated heterocycles. The fourth-order valence-electron chi connectivity index (χ4n) is 1.23. The van der Waals surface area contributed by atoms with Gasteiger partial charge in [-0.1, -0.05) is 0 Å². The minimum atomic E-state index is -0.246. The molecule has 0 amide bonds. The predicted octanol–water partition coefficient (Wildman–Crippen LogP) is 0.659. The molecule has 1 heterocycles. The SMILES string of the molecule is OC(CNc1ncccn1)C1CC1. The van der Waals surface area contributed by atoms with Crippen LogP contribution in [0.1, 0.15) is 12.8 Å². The number of nitrogens with one attached hydrogen (secondary N) is 1. The first kappa shape index (κ1) is 8.44. The van der Waals surface area contributed by atoms with E-state index in [9.17, 15) is 5.11 Å². The molecular formula is C9H13N3O. The normalized spacial score (nSPS) is 18.2. The summed E-state index contributed by atoms with van der Waals surface area (Å²) in [7, 11) is 0. The highest BCUT2D eigenvalue weighted by atomic mass is 16.3. The van der Waals surface area contributed by atoms with E-state index in [2.05, 4.69) is 15.3 Å². The first-order chi connectivity index (χ1) is 6.36. The van der Waals surface area contributed by atoms with E-state index in [1.165, 1.54) is 0 Å². The lowest BCUT2D eigenvalue weighted by atomic mass is 10.2. The molecule has 1 aromatic rings. The summed E-state index contributed by atoms with van der Waals surface area (Å²) in [6, 6.07) is 1.77. The second-order valence-electron chi connectivity index (χ2n) is 3.36. The highest BCUT2D eigenvalue weighted by Gasteiger charge is 2.29. The summed E-state index contributed by atoms with van der Waals surface area (Å²) in [5.74, 6) is 1.08. The van der Waals surface area contributed by atoms with Crippen molar-refractivity contribution >= 4 is 5.95 Å². The standard InChI is InChI=1S/C9H13N3O/c13-8(7-2-3-7)6-12-9-10-4-1-5-11-9/h1,4-5,7-8,13H,2-3,6H2,(H,10,11,12). The predicted molar refractivity (Wildman–Crippen MR) is 49.3 cm³/mol. The van der Waals surface area contributed by atoms with Crippen LogP contribution in [0, 0.1) is 5.92 Å². The second kappa shape index (κ2) is 3.70. The van der Waals surface area contributed by atoms with E-state index < -0.39 is 0 Å². The van der Waals surface area contributed by atoms with Crippen LogP contribution in [0.2, 0.25) is 0 Å². The average Bonchev–Trinajstić information content (AvgIpc) is 2.99. The summed E-state index contributed by atoms with van der Waals surface area (Å²) in [5.41, 5.74) is 0. The Bertz CT molecular complexity index is 261. The zero-order chi connectivity index (χ0) is 9.10. The number of rotatable bonds is 4. The van der Waals surface area contributed by atoms with Crippen LogP contribution < -0.4 is 5.32 Å². The van der Waals surface area contributed by atoms with Gasteiger partial charge in [0, 0.05) is 18.9 Å². The molecule has 0 radical (unpaired) electrons. The van der Waals surface area contributed by atoms with Crippen LogP contribution in [-0.4, -0.2) is 27.7 Å². The number of nitrogens with zero attached hydrogens (tertiary/aromatic N) is 2. The zero-order valence-corrected chi connectivity index (χ0v) is 7.35. The van der Waals surface area contributed by atoms with Crippen LogP contribution in [0.25, 0.3) is 0 Å². The van der Waals surface area contributed by atoms with Gasteiger partial charge >= 0.3 is 0 Å². The molecule has 2 N–H and O–H groups in total. The van der Waals surface area contributed by atoms with E-state index >= 15 is 0 Å². The van der Waals surface area contributed by atoms with Gasteiger partial charge < -0.3 is 10.4 Å². The van der Waals surface area contributed by atoms with Crippen molar-refractivity contribution in [2.45, 2.75) is 18.9 Å². The van der Waals surface area contributed by atoms with E-state index in [0.29, 0.717) is 18.4 Å². The molecule has 4 heteroatoms. The molecule has 70 valence electrons. The third kappa shape index (κ3) is 2.39. The summed E-state index contributed by atoms with van der Waals surface area (Å²) < 4.78 is 0. The smallest absolute Gasteiger partial charge is 0.222 e. The molecule has 1 aliphatic rings. The molecular weight excluding hydrogens is 166 g/mol. The molecule has 1 saturated carbocycles. The topological polar surface area (TPSA) is 58.0 Å². The molecule has 1 aliphatic carbocycles. The Kier molecular flexibility index (Phi) is 2.40. The Morgan fingerprint density at radius 3 is 2.77 bits per heavy atom. The van der Waals surface area contributed by atoms with Gasteiger partial charge in [-0.3, -0.25) is 0 Å². The Labute approximate surface area is 77.0 Å². The fourth-order valence-corrected chi connectivity index (χ4v) is 1.23. The number of hydrogen-bond donors (Lipinski definition) is 2. The molecule has 1 atom stereocenters. The number of aliphatic hydroxyl groups is 1. The highest BCUT2D eigenvalue weighted by molar-refractivity contribution is 5.22. The Hall–Kier alpha value is -1.16. The molecule has 0 bridgehead atoms. The molecule has 0 aliphatic heterocycles. The van der Waals surface area contributed by atoms with Crippen molar-refractivity contribution in [1.29, 1.82) is 0 Å². The van der Waals surface area contributed by atoms with Crippen LogP contribution in [0.3, 0.4) is 0 Å². The summed E-state index contributed by atoms with van der Waals surface area (Å²) in [4.78, 5) is 7.99. The molecule has 0 spiro atoms. The second-order valence-corrected chi connectivity index (χ2v) is 3.36. The number of hydrogen-bond acceptors (Lipinski definition) is 4. The third-order valence-corrected chi connectivity index (χ3v) is 2.20. The van der Waals surface area contributed by atoms with Crippen molar-refractivity contribution in [3.8, 4) is 0 Å². The average molecular weight is 179 g/mol. The van der Waals surface area contributed by atoms with Gasteiger partial charge in [0.15, 0.2) is 0 Å². The van der Waals surface area contributed by atoms with Crippen molar-refractivity contribution in [1.82, 2.24) is 9.97 Å². The summed E-state index contributed by atoms with van der Waals surface area (Å²) in [5, 5.41) is 12.5. The van der Waals surface area contributed by atoms with Crippen molar-refractivity contribution in [3.63, 3.8) is 0 Å². The summed E-state index contributed by atoms with van der Waals surface area (Å²) in [6.45, 7) is 0.550. The largest absolute Gasteiger partial charge is 0.391 e. The van der Waals surface area contributed by atoms with Crippen molar-refractivity contribution < 1.29 is 5.11 Å². The Morgan fingerprint density at radius 1 is 1.46 bits per heavy atom. The summed E-state index contributed by atoms with van der Waals surface area (Å²) >= 11 is 0. The monoisotopic (exact) mass is 179 g/mol. The quantitative estimate of drug-likeness (QED) is 0.713. The minimum Gasteiger partial charge on any atom is -0.391 e. The first-order valence-electron chi connectivity index (χ1n) is 4.55. The molecule has 0 aromatic carbocycles. The molecule has 1 aromatic heterocycles. The van der Waals surface area contributed by atoms with Crippen LogP contribution >= 0.6 is 0 Å². The van der Waals surface area contributed by atoms with Crippen LogP contribution in [-0.2, 0) is 0 Å². The lowest BCUT2D eigenvalue weighted by Gasteiger charge is -2.09. The molecule has 1 unspecified atom stereocenters. The lowest BCUT2D eigenvalue weighted by Crippen LogP contribution is -2.22. The number of anilines is 1. The van der Waals surface area contributed by atoms with Crippen LogP contribution in [0.5, 0.6) is 0 Å². The maximum Gasteiger partial charge on any atom is 0.222 e. The van der Waals surface area contributed by atoms with Gasteiger partial charge in [-0.05, 0) is 24.8 Å². The fraction of sp³-hybridized carbons (Fsp3) is 0.556. The molecule has 1 fully saturated rings.